The summed E-state index contributed by atoms with van der Waals surface area (Å²) in [4.78, 5) is 4.07. The number of rotatable bonds is 3. The van der Waals surface area contributed by atoms with Crippen molar-refractivity contribution in [1.29, 1.82) is 0 Å². The van der Waals surface area contributed by atoms with Crippen molar-refractivity contribution in [2.45, 2.75) is 19.4 Å². The van der Waals surface area contributed by atoms with Crippen LogP contribution >= 0.6 is 0 Å². The second kappa shape index (κ2) is 4.97. The van der Waals surface area contributed by atoms with Gasteiger partial charge in [0.2, 0.25) is 0 Å². The van der Waals surface area contributed by atoms with Gasteiger partial charge < -0.3 is 11.5 Å². The van der Waals surface area contributed by atoms with E-state index >= 15 is 0 Å². The molecule has 2 rings (SSSR count). The number of anilines is 1. The lowest BCUT2D eigenvalue weighted by Gasteiger charge is -2.15. The van der Waals surface area contributed by atoms with E-state index in [1.807, 2.05) is 12.1 Å². The Kier molecular flexibility index (Phi) is 3.40. The molecule has 0 aliphatic heterocycles. The van der Waals surface area contributed by atoms with Gasteiger partial charge in [0.15, 0.2) is 0 Å². The highest BCUT2D eigenvalue weighted by Crippen LogP contribution is 2.21. The molecular weight excluding hydrogens is 210 g/mol. The summed E-state index contributed by atoms with van der Waals surface area (Å²) in [7, 11) is 0. The average Bonchev–Trinajstić information content (AvgIpc) is 2.32. The second-order valence-electron chi connectivity index (χ2n) is 4.24. The molecule has 0 bridgehead atoms. The molecule has 0 spiro atoms. The van der Waals surface area contributed by atoms with Crippen molar-refractivity contribution in [2.75, 3.05) is 5.73 Å². The number of nitrogen functional groups attached to an aromatic ring is 1. The van der Waals surface area contributed by atoms with E-state index in [0.717, 1.165) is 12.0 Å². The maximum atomic E-state index is 6.18. The third kappa shape index (κ3) is 2.63. The van der Waals surface area contributed by atoms with Crippen LogP contribution in [0.1, 0.15) is 22.7 Å². The summed E-state index contributed by atoms with van der Waals surface area (Å²) in [6.45, 7) is 2.09. The largest absolute Gasteiger partial charge is 0.398 e. The van der Waals surface area contributed by atoms with Crippen molar-refractivity contribution in [3.8, 4) is 0 Å². The first kappa shape index (κ1) is 11.6. The standard InChI is InChI=1S/C14H17N3/c1-10-4-2-3-5-11(10)8-14(16)12-9-17-7-6-13(12)15/h2-7,9,14H,8,16H2,1H3,(H2,15,17). The van der Waals surface area contributed by atoms with Crippen molar-refractivity contribution in [3.63, 3.8) is 0 Å². The van der Waals surface area contributed by atoms with Crippen molar-refractivity contribution in [2.24, 2.45) is 5.73 Å². The fourth-order valence-corrected chi connectivity index (χ4v) is 1.91. The zero-order chi connectivity index (χ0) is 12.3. The van der Waals surface area contributed by atoms with Gasteiger partial charge in [-0.25, -0.2) is 0 Å². The first-order chi connectivity index (χ1) is 8.18. The van der Waals surface area contributed by atoms with Crippen molar-refractivity contribution >= 4 is 5.69 Å². The van der Waals surface area contributed by atoms with Crippen molar-refractivity contribution in [1.82, 2.24) is 4.98 Å². The molecule has 1 heterocycles. The van der Waals surface area contributed by atoms with Crippen LogP contribution in [0.3, 0.4) is 0 Å². The van der Waals surface area contributed by atoms with E-state index < -0.39 is 0 Å². The fourth-order valence-electron chi connectivity index (χ4n) is 1.91. The molecule has 88 valence electrons. The molecule has 0 saturated carbocycles. The number of nitrogens with two attached hydrogens (primary N) is 2. The Morgan fingerprint density at radius 3 is 2.71 bits per heavy atom. The second-order valence-corrected chi connectivity index (χ2v) is 4.24. The highest BCUT2D eigenvalue weighted by molar-refractivity contribution is 5.46. The number of pyridine rings is 1. The van der Waals surface area contributed by atoms with Gasteiger partial charge in [0, 0.05) is 29.7 Å². The Bertz CT molecular complexity index is 508. The van der Waals surface area contributed by atoms with Gasteiger partial charge >= 0.3 is 0 Å². The molecule has 0 aliphatic carbocycles. The molecule has 4 N–H and O–H groups in total. The molecule has 0 fully saturated rings. The molecule has 0 radical (unpaired) electrons. The van der Waals surface area contributed by atoms with Crippen LogP contribution in [0, 0.1) is 6.92 Å². The van der Waals surface area contributed by atoms with Crippen LogP contribution in [0.5, 0.6) is 0 Å². The Morgan fingerprint density at radius 1 is 1.24 bits per heavy atom. The number of hydrogen-bond acceptors (Lipinski definition) is 3. The Morgan fingerprint density at radius 2 is 2.00 bits per heavy atom. The number of nitrogens with zero attached hydrogens (tertiary/aromatic N) is 1. The predicted octanol–water partition coefficient (Wildman–Crippen LogP) is 2.21. The minimum absolute atomic E-state index is 0.107. The molecule has 0 aliphatic rings. The van der Waals surface area contributed by atoms with Gasteiger partial charge in [-0.2, -0.15) is 0 Å². The van der Waals surface area contributed by atoms with Gasteiger partial charge in [-0.3, -0.25) is 4.98 Å². The zero-order valence-electron chi connectivity index (χ0n) is 9.93. The molecule has 0 amide bonds. The fraction of sp³-hybridized carbons (Fsp3) is 0.214. The normalized spacial score (nSPS) is 12.4. The van der Waals surface area contributed by atoms with Gasteiger partial charge in [0.05, 0.1) is 0 Å². The Hall–Kier alpha value is -1.87. The van der Waals surface area contributed by atoms with E-state index in [1.54, 1.807) is 18.5 Å². The molecule has 1 aromatic heterocycles. The first-order valence-corrected chi connectivity index (χ1v) is 5.68. The molecule has 3 nitrogen and oxygen atoms in total. The van der Waals surface area contributed by atoms with Crippen LogP contribution < -0.4 is 11.5 Å². The maximum absolute atomic E-state index is 6.18. The van der Waals surface area contributed by atoms with Crippen LogP contribution in [-0.2, 0) is 6.42 Å². The Labute approximate surface area is 101 Å². The first-order valence-electron chi connectivity index (χ1n) is 5.68. The van der Waals surface area contributed by atoms with Crippen molar-refractivity contribution < 1.29 is 0 Å². The van der Waals surface area contributed by atoms with E-state index in [-0.39, 0.29) is 6.04 Å². The monoisotopic (exact) mass is 227 g/mol. The van der Waals surface area contributed by atoms with E-state index in [2.05, 4.69) is 24.0 Å². The van der Waals surface area contributed by atoms with Crippen molar-refractivity contribution in [3.05, 3.63) is 59.4 Å². The summed E-state index contributed by atoms with van der Waals surface area (Å²) in [6.07, 6.45) is 4.21. The molecule has 1 atom stereocenters. The highest BCUT2D eigenvalue weighted by Gasteiger charge is 2.11. The SMILES string of the molecule is Cc1ccccc1CC(N)c1cnccc1N. The lowest BCUT2D eigenvalue weighted by Crippen LogP contribution is -2.16. The highest BCUT2D eigenvalue weighted by atomic mass is 14.7. The summed E-state index contributed by atoms with van der Waals surface area (Å²) < 4.78 is 0. The quantitative estimate of drug-likeness (QED) is 0.845. The van der Waals surface area contributed by atoms with Gasteiger partial charge in [0.1, 0.15) is 0 Å². The van der Waals surface area contributed by atoms with Crippen LogP contribution in [0.4, 0.5) is 5.69 Å². The Balaban J connectivity index is 2.20. The number of aromatic nitrogens is 1. The van der Waals surface area contributed by atoms with Crippen LogP contribution in [-0.4, -0.2) is 4.98 Å². The van der Waals surface area contributed by atoms with Crippen LogP contribution in [0.2, 0.25) is 0 Å². The number of aryl methyl sites for hydroxylation is 1. The lowest BCUT2D eigenvalue weighted by atomic mass is 9.97. The van der Waals surface area contributed by atoms with E-state index in [9.17, 15) is 0 Å². The summed E-state index contributed by atoms with van der Waals surface area (Å²) in [6, 6.07) is 9.93. The average molecular weight is 227 g/mol. The molecule has 0 saturated heterocycles. The number of hydrogen-bond donors (Lipinski definition) is 2. The smallest absolute Gasteiger partial charge is 0.0393 e. The van der Waals surface area contributed by atoms with E-state index in [1.165, 1.54) is 11.1 Å². The molecule has 3 heteroatoms. The molecule has 1 aromatic carbocycles. The third-order valence-corrected chi connectivity index (χ3v) is 2.99. The summed E-state index contributed by atoms with van der Waals surface area (Å²) in [5, 5.41) is 0. The lowest BCUT2D eigenvalue weighted by molar-refractivity contribution is 0.717. The number of benzene rings is 1. The van der Waals surface area contributed by atoms with Crippen LogP contribution in [0.25, 0.3) is 0 Å². The topological polar surface area (TPSA) is 64.9 Å². The summed E-state index contributed by atoms with van der Waals surface area (Å²) >= 11 is 0. The van der Waals surface area contributed by atoms with Gasteiger partial charge in [-0.15, -0.1) is 0 Å². The molecular formula is C14H17N3. The van der Waals surface area contributed by atoms with Gasteiger partial charge in [0.25, 0.3) is 0 Å². The third-order valence-electron chi connectivity index (χ3n) is 2.99. The van der Waals surface area contributed by atoms with Gasteiger partial charge in [-0.05, 0) is 30.5 Å². The zero-order valence-corrected chi connectivity index (χ0v) is 9.93. The molecule has 2 aromatic rings. The van der Waals surface area contributed by atoms with Gasteiger partial charge in [-0.1, -0.05) is 24.3 Å². The minimum Gasteiger partial charge on any atom is -0.398 e. The molecule has 17 heavy (non-hydrogen) atoms. The minimum atomic E-state index is -0.107. The predicted molar refractivity (Wildman–Crippen MR) is 70.5 cm³/mol. The molecule has 1 unspecified atom stereocenters. The van der Waals surface area contributed by atoms with E-state index in [4.69, 9.17) is 11.5 Å². The summed E-state index contributed by atoms with van der Waals surface area (Å²) in [5.41, 5.74) is 16.2. The maximum Gasteiger partial charge on any atom is 0.0393 e. The summed E-state index contributed by atoms with van der Waals surface area (Å²) in [5.74, 6) is 0. The van der Waals surface area contributed by atoms with Crippen LogP contribution in [0.15, 0.2) is 42.7 Å². The van der Waals surface area contributed by atoms with E-state index in [0.29, 0.717) is 5.69 Å².